The zero-order chi connectivity index (χ0) is 15.4. The van der Waals surface area contributed by atoms with E-state index in [1.807, 2.05) is 19.2 Å². The van der Waals surface area contributed by atoms with E-state index in [9.17, 15) is 9.59 Å². The molecule has 0 fully saturated rings. The van der Waals surface area contributed by atoms with Gasteiger partial charge in [0.1, 0.15) is 5.69 Å². The molecule has 0 atom stereocenters. The molecule has 2 heterocycles. The lowest BCUT2D eigenvalue weighted by Gasteiger charge is -1.99. The number of esters is 1. The lowest BCUT2D eigenvalue weighted by atomic mass is 10.2. The predicted octanol–water partition coefficient (Wildman–Crippen LogP) is 3.15. The Kier molecular flexibility index (Phi) is 5.03. The van der Waals surface area contributed by atoms with E-state index < -0.39 is 5.97 Å². The van der Waals surface area contributed by atoms with Gasteiger partial charge in [0.2, 0.25) is 5.01 Å². The molecule has 112 valence electrons. The first-order chi connectivity index (χ1) is 10.0. The summed E-state index contributed by atoms with van der Waals surface area (Å²) in [6, 6.07) is 0. The molecule has 0 aromatic carbocycles. The third-order valence-electron chi connectivity index (χ3n) is 2.52. The van der Waals surface area contributed by atoms with Crippen LogP contribution >= 0.6 is 22.7 Å². The predicted molar refractivity (Wildman–Crippen MR) is 82.2 cm³/mol. The number of hydrogen-bond acceptors (Lipinski definition) is 7. The summed E-state index contributed by atoms with van der Waals surface area (Å²) in [6.07, 6.45) is 0. The van der Waals surface area contributed by atoms with Crippen LogP contribution in [0.2, 0.25) is 0 Å². The van der Waals surface area contributed by atoms with Crippen molar-refractivity contribution in [1.82, 2.24) is 9.97 Å². The van der Waals surface area contributed by atoms with E-state index >= 15 is 0 Å². The van der Waals surface area contributed by atoms with Gasteiger partial charge in [-0.25, -0.2) is 14.8 Å². The first-order valence-electron chi connectivity index (χ1n) is 6.40. The SMILES string of the molecule is CCOC(=O)c1nc(C(=O)Nc2nc(C(C)C)cs2)cs1. The first kappa shape index (κ1) is 15.6. The van der Waals surface area contributed by atoms with Gasteiger partial charge in [-0.1, -0.05) is 13.8 Å². The van der Waals surface area contributed by atoms with Crippen molar-refractivity contribution in [3.63, 3.8) is 0 Å². The molecule has 2 aromatic heterocycles. The minimum atomic E-state index is -0.516. The second-order valence-corrected chi connectivity index (χ2v) is 6.16. The minimum absolute atomic E-state index is 0.170. The third kappa shape index (κ3) is 3.85. The molecule has 2 rings (SSSR count). The third-order valence-corrected chi connectivity index (χ3v) is 4.12. The summed E-state index contributed by atoms with van der Waals surface area (Å²) in [5.74, 6) is -0.592. The Bertz CT molecular complexity index is 649. The molecule has 0 saturated carbocycles. The lowest BCUT2D eigenvalue weighted by Crippen LogP contribution is -2.13. The molecule has 0 bridgehead atoms. The van der Waals surface area contributed by atoms with Crippen LogP contribution in [0.3, 0.4) is 0 Å². The number of nitrogens with one attached hydrogen (secondary N) is 1. The fourth-order valence-corrected chi connectivity index (χ4v) is 2.99. The molecule has 0 saturated heterocycles. The molecule has 2 aromatic rings. The number of carbonyl (C=O) groups is 2. The molecule has 8 heteroatoms. The van der Waals surface area contributed by atoms with Gasteiger partial charge >= 0.3 is 5.97 Å². The summed E-state index contributed by atoms with van der Waals surface area (Å²) >= 11 is 2.45. The summed E-state index contributed by atoms with van der Waals surface area (Å²) in [5.41, 5.74) is 1.12. The zero-order valence-electron chi connectivity index (χ0n) is 11.9. The van der Waals surface area contributed by atoms with Crippen molar-refractivity contribution in [1.29, 1.82) is 0 Å². The maximum atomic E-state index is 12.0. The molecule has 21 heavy (non-hydrogen) atoms. The highest BCUT2D eigenvalue weighted by atomic mass is 32.1. The Morgan fingerprint density at radius 1 is 1.29 bits per heavy atom. The molecular formula is C13H15N3O3S2. The van der Waals surface area contributed by atoms with E-state index in [0.29, 0.717) is 11.0 Å². The van der Waals surface area contributed by atoms with Crippen LogP contribution < -0.4 is 5.32 Å². The highest BCUT2D eigenvalue weighted by molar-refractivity contribution is 7.14. The minimum Gasteiger partial charge on any atom is -0.461 e. The number of aromatic nitrogens is 2. The van der Waals surface area contributed by atoms with Crippen LogP contribution in [0.4, 0.5) is 5.13 Å². The van der Waals surface area contributed by atoms with Gasteiger partial charge in [0, 0.05) is 10.8 Å². The average molecular weight is 325 g/mol. The number of hydrogen-bond donors (Lipinski definition) is 1. The van der Waals surface area contributed by atoms with Gasteiger partial charge in [0.05, 0.1) is 12.3 Å². The van der Waals surface area contributed by atoms with Crippen LogP contribution in [0.5, 0.6) is 0 Å². The molecule has 0 radical (unpaired) electrons. The Balaban J connectivity index is 2.04. The van der Waals surface area contributed by atoms with Crippen LogP contribution in [0.1, 0.15) is 52.7 Å². The summed E-state index contributed by atoms with van der Waals surface area (Å²) < 4.78 is 4.84. The van der Waals surface area contributed by atoms with Crippen molar-refractivity contribution < 1.29 is 14.3 Å². The molecule has 0 aliphatic heterocycles. The number of carbonyl (C=O) groups excluding carboxylic acids is 2. The smallest absolute Gasteiger partial charge is 0.367 e. The van der Waals surface area contributed by atoms with Crippen molar-refractivity contribution in [3.8, 4) is 0 Å². The van der Waals surface area contributed by atoms with E-state index in [4.69, 9.17) is 4.74 Å². The summed E-state index contributed by atoms with van der Waals surface area (Å²) in [5, 5.41) is 6.81. The fraction of sp³-hybridized carbons (Fsp3) is 0.385. The number of nitrogens with zero attached hydrogens (tertiary/aromatic N) is 2. The van der Waals surface area contributed by atoms with Gasteiger partial charge in [-0.05, 0) is 12.8 Å². The van der Waals surface area contributed by atoms with Crippen molar-refractivity contribution in [2.24, 2.45) is 0 Å². The number of thiazole rings is 2. The molecular weight excluding hydrogens is 310 g/mol. The Morgan fingerprint density at radius 3 is 2.67 bits per heavy atom. The molecule has 0 spiro atoms. The fourth-order valence-electron chi connectivity index (χ4n) is 1.43. The molecule has 0 aliphatic rings. The highest BCUT2D eigenvalue weighted by Gasteiger charge is 2.17. The molecule has 1 N–H and O–H groups in total. The number of ether oxygens (including phenoxy) is 1. The van der Waals surface area contributed by atoms with Crippen LogP contribution in [-0.2, 0) is 4.74 Å². The van der Waals surface area contributed by atoms with Crippen LogP contribution in [-0.4, -0.2) is 28.5 Å². The van der Waals surface area contributed by atoms with Gasteiger partial charge in [0.25, 0.3) is 5.91 Å². The van der Waals surface area contributed by atoms with Gasteiger partial charge in [-0.15, -0.1) is 22.7 Å². The Labute approximate surface area is 130 Å². The quantitative estimate of drug-likeness (QED) is 0.854. The van der Waals surface area contributed by atoms with Crippen molar-refractivity contribution >= 4 is 39.7 Å². The Morgan fingerprint density at radius 2 is 2.05 bits per heavy atom. The monoisotopic (exact) mass is 325 g/mol. The Hall–Kier alpha value is -1.80. The lowest BCUT2D eigenvalue weighted by molar-refractivity contribution is 0.0526. The van der Waals surface area contributed by atoms with E-state index in [1.165, 1.54) is 16.7 Å². The normalized spacial score (nSPS) is 10.7. The van der Waals surface area contributed by atoms with Gasteiger partial charge in [0.15, 0.2) is 5.13 Å². The van der Waals surface area contributed by atoms with Gasteiger partial charge in [-0.3, -0.25) is 10.1 Å². The van der Waals surface area contributed by atoms with E-state index in [0.717, 1.165) is 17.0 Å². The molecule has 0 aliphatic carbocycles. The van der Waals surface area contributed by atoms with E-state index in [-0.39, 0.29) is 23.2 Å². The maximum absolute atomic E-state index is 12.0. The first-order valence-corrected chi connectivity index (χ1v) is 8.16. The van der Waals surface area contributed by atoms with E-state index in [2.05, 4.69) is 15.3 Å². The zero-order valence-corrected chi connectivity index (χ0v) is 13.5. The second kappa shape index (κ2) is 6.77. The number of amides is 1. The van der Waals surface area contributed by atoms with Gasteiger partial charge in [-0.2, -0.15) is 0 Å². The van der Waals surface area contributed by atoms with Crippen molar-refractivity contribution in [2.75, 3.05) is 11.9 Å². The summed E-state index contributed by atoms with van der Waals surface area (Å²) in [4.78, 5) is 31.8. The molecule has 1 amide bonds. The topological polar surface area (TPSA) is 81.2 Å². The van der Waals surface area contributed by atoms with Crippen molar-refractivity contribution in [2.45, 2.75) is 26.7 Å². The number of anilines is 1. The summed E-state index contributed by atoms with van der Waals surface area (Å²) in [7, 11) is 0. The number of rotatable bonds is 5. The van der Waals surface area contributed by atoms with Gasteiger partial charge < -0.3 is 4.74 Å². The maximum Gasteiger partial charge on any atom is 0.367 e. The second-order valence-electron chi connectivity index (χ2n) is 4.44. The van der Waals surface area contributed by atoms with Crippen LogP contribution in [0, 0.1) is 0 Å². The average Bonchev–Trinajstić information content (AvgIpc) is 3.07. The molecule has 6 nitrogen and oxygen atoms in total. The summed E-state index contributed by atoms with van der Waals surface area (Å²) in [6.45, 7) is 6.06. The van der Waals surface area contributed by atoms with E-state index in [1.54, 1.807) is 6.92 Å². The van der Waals surface area contributed by atoms with Crippen LogP contribution in [0.25, 0.3) is 0 Å². The van der Waals surface area contributed by atoms with Crippen molar-refractivity contribution in [3.05, 3.63) is 27.2 Å². The largest absolute Gasteiger partial charge is 0.461 e. The van der Waals surface area contributed by atoms with Crippen LogP contribution in [0.15, 0.2) is 10.8 Å². The standard InChI is InChI=1S/C13H15N3O3S2/c1-4-19-12(18)11-14-9(6-20-11)10(17)16-13-15-8(5-21-13)7(2)3/h5-7H,4H2,1-3H3,(H,15,16,17). The molecule has 0 unspecified atom stereocenters. The highest BCUT2D eigenvalue weighted by Crippen LogP contribution is 2.22.